The molecule has 12 nitrogen and oxygen atoms in total. The number of fused-ring (bicyclic) bond motifs is 1. The van der Waals surface area contributed by atoms with E-state index in [1.807, 2.05) is 25.7 Å². The molecule has 0 radical (unpaired) electrons. The zero-order chi connectivity index (χ0) is 30.9. The van der Waals surface area contributed by atoms with Gasteiger partial charge in [0.2, 0.25) is 5.88 Å². The van der Waals surface area contributed by atoms with Crippen molar-refractivity contribution >= 4 is 38.7 Å². The van der Waals surface area contributed by atoms with Crippen molar-refractivity contribution in [3.05, 3.63) is 60.6 Å². The Morgan fingerprint density at radius 3 is 2.42 bits per heavy atom. The SMILES string of the molecule is COc1ncc(-c2ccc3ncnc(N4CCN(C(=O)OC(C)(C)C)CC4)c3n2)cc1NS(=O)(=O)c1ccc(F)cc1F. The highest BCUT2D eigenvalue weighted by Gasteiger charge is 2.28. The Hall–Kier alpha value is -4.66. The summed E-state index contributed by atoms with van der Waals surface area (Å²) >= 11 is 0. The minimum Gasteiger partial charge on any atom is -0.480 e. The van der Waals surface area contributed by atoms with Crippen LogP contribution in [0.1, 0.15) is 20.8 Å². The Bertz CT molecular complexity index is 1790. The fourth-order valence-electron chi connectivity index (χ4n) is 4.47. The summed E-state index contributed by atoms with van der Waals surface area (Å²) in [5.74, 6) is -1.65. The van der Waals surface area contributed by atoms with Gasteiger partial charge < -0.3 is 19.3 Å². The third-order valence-corrected chi connectivity index (χ3v) is 7.86. The number of anilines is 2. The maximum Gasteiger partial charge on any atom is 0.410 e. The number of benzene rings is 1. The number of methoxy groups -OCH3 is 1. The van der Waals surface area contributed by atoms with Crippen LogP contribution >= 0.6 is 0 Å². The highest BCUT2D eigenvalue weighted by atomic mass is 32.2. The molecule has 0 bridgehead atoms. The smallest absolute Gasteiger partial charge is 0.410 e. The molecule has 15 heteroatoms. The predicted molar refractivity (Wildman–Crippen MR) is 154 cm³/mol. The van der Waals surface area contributed by atoms with E-state index in [0.717, 1.165) is 12.1 Å². The average molecular weight is 614 g/mol. The topological polar surface area (TPSA) is 140 Å². The first-order chi connectivity index (χ1) is 20.3. The summed E-state index contributed by atoms with van der Waals surface area (Å²) in [5.41, 5.74) is 1.26. The van der Waals surface area contributed by atoms with Crippen LogP contribution < -0.4 is 14.4 Å². The van der Waals surface area contributed by atoms with E-state index in [1.165, 1.54) is 25.7 Å². The van der Waals surface area contributed by atoms with Crippen molar-refractivity contribution < 1.29 is 31.5 Å². The van der Waals surface area contributed by atoms with Gasteiger partial charge in [-0.3, -0.25) is 4.72 Å². The van der Waals surface area contributed by atoms with Crippen molar-refractivity contribution in [3.8, 4) is 17.1 Å². The van der Waals surface area contributed by atoms with Crippen molar-refractivity contribution in [2.75, 3.05) is 42.9 Å². The van der Waals surface area contributed by atoms with E-state index in [1.54, 1.807) is 17.0 Å². The number of hydrogen-bond acceptors (Lipinski definition) is 10. The number of nitrogens with one attached hydrogen (secondary N) is 1. The first-order valence-electron chi connectivity index (χ1n) is 13.2. The Balaban J connectivity index is 1.43. The molecule has 0 atom stereocenters. The number of sulfonamides is 1. The van der Waals surface area contributed by atoms with Gasteiger partial charge in [-0.2, -0.15) is 0 Å². The minimum absolute atomic E-state index is 0.0671. The van der Waals surface area contributed by atoms with E-state index in [-0.39, 0.29) is 17.7 Å². The van der Waals surface area contributed by atoms with Gasteiger partial charge in [-0.05, 0) is 51.1 Å². The van der Waals surface area contributed by atoms with E-state index < -0.39 is 32.2 Å². The van der Waals surface area contributed by atoms with Crippen LogP contribution in [0.25, 0.3) is 22.3 Å². The molecular formula is C28H29F2N7O5S. The van der Waals surface area contributed by atoms with Gasteiger partial charge in [0, 0.05) is 44.0 Å². The van der Waals surface area contributed by atoms with Crippen molar-refractivity contribution in [2.45, 2.75) is 31.3 Å². The first-order valence-corrected chi connectivity index (χ1v) is 14.7. The molecule has 226 valence electrons. The molecule has 1 N–H and O–H groups in total. The number of rotatable bonds is 6. The number of carbonyl (C=O) groups is 1. The number of carbonyl (C=O) groups excluding carboxylic acids is 1. The molecule has 4 heterocycles. The lowest BCUT2D eigenvalue weighted by molar-refractivity contribution is 0.0240. The van der Waals surface area contributed by atoms with Crippen molar-refractivity contribution in [1.82, 2.24) is 24.8 Å². The zero-order valence-electron chi connectivity index (χ0n) is 23.8. The summed E-state index contributed by atoms with van der Waals surface area (Å²) in [6.07, 6.45) is 2.52. The van der Waals surface area contributed by atoms with Gasteiger partial charge in [-0.1, -0.05) is 0 Å². The lowest BCUT2D eigenvalue weighted by Gasteiger charge is -2.36. The van der Waals surface area contributed by atoms with Crippen LogP contribution in [0.5, 0.6) is 5.88 Å². The predicted octanol–water partition coefficient (Wildman–Crippen LogP) is 4.23. The quantitative estimate of drug-likeness (QED) is 0.336. The van der Waals surface area contributed by atoms with E-state index in [4.69, 9.17) is 14.5 Å². The van der Waals surface area contributed by atoms with Gasteiger partial charge in [-0.15, -0.1) is 0 Å². The summed E-state index contributed by atoms with van der Waals surface area (Å²) in [6.45, 7) is 7.30. The molecule has 4 aromatic rings. The van der Waals surface area contributed by atoms with Crippen LogP contribution in [0.4, 0.5) is 25.1 Å². The average Bonchev–Trinajstić information content (AvgIpc) is 2.95. The Morgan fingerprint density at radius 2 is 1.74 bits per heavy atom. The van der Waals surface area contributed by atoms with Crippen molar-refractivity contribution in [2.24, 2.45) is 0 Å². The fourth-order valence-corrected chi connectivity index (χ4v) is 5.58. The van der Waals surface area contributed by atoms with Gasteiger partial charge in [0.05, 0.1) is 18.3 Å². The van der Waals surface area contributed by atoms with Crippen molar-refractivity contribution in [1.29, 1.82) is 0 Å². The minimum atomic E-state index is -4.46. The molecule has 5 rings (SSSR count). The number of ether oxygens (including phenoxy) is 2. The highest BCUT2D eigenvalue weighted by molar-refractivity contribution is 7.92. The van der Waals surface area contributed by atoms with Gasteiger partial charge in [-0.25, -0.2) is 41.9 Å². The van der Waals surface area contributed by atoms with Crippen LogP contribution in [0, 0.1) is 11.6 Å². The molecule has 0 saturated carbocycles. The summed E-state index contributed by atoms with van der Waals surface area (Å²) in [5, 5.41) is 0. The lowest BCUT2D eigenvalue weighted by Crippen LogP contribution is -2.50. The number of pyridine rings is 2. The van der Waals surface area contributed by atoms with Gasteiger partial charge in [0.25, 0.3) is 10.0 Å². The second-order valence-electron chi connectivity index (χ2n) is 10.7. The number of piperazine rings is 1. The Kier molecular flexibility index (Phi) is 8.01. The number of hydrogen-bond donors (Lipinski definition) is 1. The van der Waals surface area contributed by atoms with Gasteiger partial charge in [0.15, 0.2) is 5.82 Å². The molecular weight excluding hydrogens is 584 g/mol. The van der Waals surface area contributed by atoms with Crippen LogP contribution in [0.15, 0.2) is 53.8 Å². The normalized spacial score (nSPS) is 14.1. The maximum atomic E-state index is 14.3. The summed E-state index contributed by atoms with van der Waals surface area (Å²) in [6, 6.07) is 7.05. The Labute approximate surface area is 246 Å². The van der Waals surface area contributed by atoms with Crippen molar-refractivity contribution in [3.63, 3.8) is 0 Å². The second kappa shape index (κ2) is 11.6. The van der Waals surface area contributed by atoms with Crippen LogP contribution in [-0.4, -0.2) is 78.2 Å². The van der Waals surface area contributed by atoms with E-state index in [2.05, 4.69) is 19.7 Å². The third kappa shape index (κ3) is 6.56. The van der Waals surface area contributed by atoms with Gasteiger partial charge in [0.1, 0.15) is 39.7 Å². The standard InChI is InChI=1S/C28H29F2N7O5S/c1-28(2,3)42-27(38)37-11-9-36(10-12-37)25-24-21(32-16-33-25)7-6-20(34-24)17-13-22(26(41-4)31-15-17)35-43(39,40)23-8-5-18(29)14-19(23)30/h5-8,13-16,35H,9-12H2,1-4H3. The monoisotopic (exact) mass is 613 g/mol. The molecule has 1 saturated heterocycles. The molecule has 0 aliphatic carbocycles. The second-order valence-corrected chi connectivity index (χ2v) is 12.3. The number of amides is 1. The van der Waals surface area contributed by atoms with Gasteiger partial charge >= 0.3 is 6.09 Å². The number of aromatic nitrogens is 4. The molecule has 0 unspecified atom stereocenters. The van der Waals surface area contributed by atoms with E-state index >= 15 is 0 Å². The van der Waals surface area contributed by atoms with Crippen LogP contribution in [-0.2, 0) is 14.8 Å². The van der Waals surface area contributed by atoms with Crippen LogP contribution in [0.2, 0.25) is 0 Å². The molecule has 1 fully saturated rings. The maximum absolute atomic E-state index is 14.3. The largest absolute Gasteiger partial charge is 0.480 e. The lowest BCUT2D eigenvalue weighted by atomic mass is 10.1. The molecule has 1 aliphatic rings. The van der Waals surface area contributed by atoms with E-state index in [9.17, 15) is 22.0 Å². The summed E-state index contributed by atoms with van der Waals surface area (Å²) in [4.78, 5) is 33.2. The first kappa shape index (κ1) is 29.8. The molecule has 0 spiro atoms. The van der Waals surface area contributed by atoms with Crippen LogP contribution in [0.3, 0.4) is 0 Å². The number of nitrogens with zero attached hydrogens (tertiary/aromatic N) is 6. The highest BCUT2D eigenvalue weighted by Crippen LogP contribution is 2.32. The van der Waals surface area contributed by atoms with E-state index in [0.29, 0.717) is 60.4 Å². The molecule has 43 heavy (non-hydrogen) atoms. The fraction of sp³-hybridized carbons (Fsp3) is 0.321. The zero-order valence-corrected chi connectivity index (χ0v) is 24.7. The Morgan fingerprint density at radius 1 is 1.00 bits per heavy atom. The molecule has 3 aromatic heterocycles. The molecule has 1 aromatic carbocycles. The summed E-state index contributed by atoms with van der Waals surface area (Å²) < 4.78 is 66.5. The summed E-state index contributed by atoms with van der Waals surface area (Å²) in [7, 11) is -3.16. The third-order valence-electron chi connectivity index (χ3n) is 6.46. The molecule has 1 aliphatic heterocycles. The number of halogens is 2. The molecule has 1 amide bonds.